The lowest BCUT2D eigenvalue weighted by Gasteiger charge is -2.14. The Hall–Kier alpha value is -0.920. The lowest BCUT2D eigenvalue weighted by atomic mass is 10.3. The molecule has 0 aliphatic carbocycles. The molecule has 5 nitrogen and oxygen atoms in total. The van der Waals surface area contributed by atoms with E-state index < -0.39 is 6.03 Å². The number of amides is 3. The summed E-state index contributed by atoms with van der Waals surface area (Å²) in [5.74, 6) is -0.265. The third-order valence-electron chi connectivity index (χ3n) is 2.81. The second-order valence-electron chi connectivity index (χ2n) is 4.85. The summed E-state index contributed by atoms with van der Waals surface area (Å²) in [6, 6.07) is 3.67. The SMILES string of the molecule is CC[C@@H](C)NC(=O)NC(=O)C[NH+](C)Cc1ccc(Br)s1. The molecule has 20 heavy (non-hydrogen) atoms. The van der Waals surface area contributed by atoms with E-state index in [2.05, 4.69) is 26.6 Å². The van der Waals surface area contributed by atoms with E-state index in [1.165, 1.54) is 4.88 Å². The van der Waals surface area contributed by atoms with Crippen LogP contribution in [-0.2, 0) is 11.3 Å². The second-order valence-corrected chi connectivity index (χ2v) is 7.39. The van der Waals surface area contributed by atoms with Crippen molar-refractivity contribution in [2.45, 2.75) is 32.9 Å². The van der Waals surface area contributed by atoms with Gasteiger partial charge in [-0.1, -0.05) is 6.92 Å². The maximum absolute atomic E-state index is 11.7. The summed E-state index contributed by atoms with van der Waals surface area (Å²) >= 11 is 5.07. The van der Waals surface area contributed by atoms with Crippen LogP contribution in [0.4, 0.5) is 4.79 Å². The van der Waals surface area contributed by atoms with E-state index in [0.29, 0.717) is 0 Å². The summed E-state index contributed by atoms with van der Waals surface area (Å²) in [7, 11) is 1.93. The Bertz CT molecular complexity index is 464. The number of urea groups is 1. The maximum Gasteiger partial charge on any atom is 0.321 e. The van der Waals surface area contributed by atoms with Gasteiger partial charge in [-0.3, -0.25) is 10.1 Å². The van der Waals surface area contributed by atoms with Gasteiger partial charge in [0, 0.05) is 6.04 Å². The first-order valence-electron chi connectivity index (χ1n) is 6.56. The number of hydrogen-bond acceptors (Lipinski definition) is 3. The van der Waals surface area contributed by atoms with Crippen molar-refractivity contribution in [2.75, 3.05) is 13.6 Å². The Morgan fingerprint density at radius 1 is 1.45 bits per heavy atom. The number of thiophene rings is 1. The highest BCUT2D eigenvalue weighted by molar-refractivity contribution is 9.11. The van der Waals surface area contributed by atoms with E-state index in [9.17, 15) is 9.59 Å². The van der Waals surface area contributed by atoms with E-state index in [1.807, 2.05) is 33.0 Å². The van der Waals surface area contributed by atoms with Crippen LogP contribution in [0, 0.1) is 0 Å². The van der Waals surface area contributed by atoms with Crippen molar-refractivity contribution in [1.82, 2.24) is 10.6 Å². The normalized spacial score (nSPS) is 13.6. The molecule has 0 fully saturated rings. The number of halogens is 1. The smallest absolute Gasteiger partial charge is 0.321 e. The highest BCUT2D eigenvalue weighted by Gasteiger charge is 2.15. The first-order valence-corrected chi connectivity index (χ1v) is 8.17. The maximum atomic E-state index is 11.7. The fourth-order valence-electron chi connectivity index (χ4n) is 1.61. The molecular formula is C13H21BrN3O2S+. The topological polar surface area (TPSA) is 62.6 Å². The zero-order valence-electron chi connectivity index (χ0n) is 12.0. The van der Waals surface area contributed by atoms with Crippen LogP contribution in [0.25, 0.3) is 0 Å². The number of hydrogen-bond donors (Lipinski definition) is 3. The van der Waals surface area contributed by atoms with Crippen LogP contribution in [0.15, 0.2) is 15.9 Å². The fourth-order valence-corrected chi connectivity index (χ4v) is 3.21. The van der Waals surface area contributed by atoms with Gasteiger partial charge in [0.1, 0.15) is 6.54 Å². The molecule has 1 heterocycles. The number of imide groups is 1. The monoisotopic (exact) mass is 362 g/mol. The van der Waals surface area contributed by atoms with E-state index in [-0.39, 0.29) is 18.5 Å². The zero-order chi connectivity index (χ0) is 15.1. The Kier molecular flexibility index (Phi) is 7.18. The number of rotatable bonds is 6. The Labute approximate surface area is 131 Å². The zero-order valence-corrected chi connectivity index (χ0v) is 14.4. The summed E-state index contributed by atoms with van der Waals surface area (Å²) < 4.78 is 1.08. The van der Waals surface area contributed by atoms with Crippen LogP contribution in [0.2, 0.25) is 0 Å². The standard InChI is InChI=1S/C13H20BrN3O2S/c1-4-9(2)15-13(19)16-12(18)8-17(3)7-10-5-6-11(14)20-10/h5-6,9H,4,7-8H2,1-3H3,(H2,15,16,18,19)/p+1/t9-/m1/s1. The highest BCUT2D eigenvalue weighted by atomic mass is 79.9. The van der Waals surface area contributed by atoms with E-state index in [4.69, 9.17) is 0 Å². The molecule has 0 spiro atoms. The van der Waals surface area contributed by atoms with Gasteiger partial charge in [-0.25, -0.2) is 4.79 Å². The molecule has 0 aromatic carbocycles. The molecule has 0 aliphatic rings. The summed E-state index contributed by atoms with van der Waals surface area (Å²) in [5, 5.41) is 5.05. The van der Waals surface area contributed by atoms with Crippen LogP contribution in [0.3, 0.4) is 0 Å². The quantitative estimate of drug-likeness (QED) is 0.710. The van der Waals surface area contributed by atoms with Crippen molar-refractivity contribution < 1.29 is 14.5 Å². The molecule has 1 aromatic heterocycles. The summed E-state index contributed by atoms with van der Waals surface area (Å²) in [6.45, 7) is 4.90. The molecule has 2 atom stereocenters. The predicted octanol–water partition coefficient (Wildman–Crippen LogP) is 1.15. The van der Waals surface area contributed by atoms with Crippen molar-refractivity contribution in [3.63, 3.8) is 0 Å². The molecule has 0 aliphatic heterocycles. The van der Waals surface area contributed by atoms with Gasteiger partial charge in [-0.2, -0.15) is 0 Å². The van der Waals surface area contributed by atoms with Crippen LogP contribution in [-0.4, -0.2) is 31.6 Å². The molecule has 0 saturated carbocycles. The van der Waals surface area contributed by atoms with Gasteiger partial charge in [0.25, 0.3) is 5.91 Å². The minimum absolute atomic E-state index is 0.0661. The van der Waals surface area contributed by atoms with Crippen molar-refractivity contribution in [1.29, 1.82) is 0 Å². The van der Waals surface area contributed by atoms with E-state index in [0.717, 1.165) is 21.7 Å². The van der Waals surface area contributed by atoms with Crippen molar-refractivity contribution in [3.05, 3.63) is 20.8 Å². The van der Waals surface area contributed by atoms with Gasteiger partial charge in [0.2, 0.25) is 0 Å². The van der Waals surface area contributed by atoms with E-state index >= 15 is 0 Å². The highest BCUT2D eigenvalue weighted by Crippen LogP contribution is 2.20. The molecule has 7 heteroatoms. The van der Waals surface area contributed by atoms with Crippen LogP contribution in [0.1, 0.15) is 25.1 Å². The molecule has 3 N–H and O–H groups in total. The lowest BCUT2D eigenvalue weighted by molar-refractivity contribution is -0.885. The van der Waals surface area contributed by atoms with Gasteiger partial charge in [-0.15, -0.1) is 11.3 Å². The average molecular weight is 363 g/mol. The molecule has 0 radical (unpaired) electrons. The third-order valence-corrected chi connectivity index (χ3v) is 4.43. The number of likely N-dealkylation sites (N-methyl/N-ethyl adjacent to an activating group) is 1. The Balaban J connectivity index is 2.32. The minimum atomic E-state index is -0.420. The lowest BCUT2D eigenvalue weighted by Crippen LogP contribution is -3.08. The molecule has 0 bridgehead atoms. The second kappa shape index (κ2) is 8.39. The Morgan fingerprint density at radius 2 is 2.15 bits per heavy atom. The van der Waals surface area contributed by atoms with Crippen molar-refractivity contribution in [3.8, 4) is 0 Å². The molecule has 1 rings (SSSR count). The first kappa shape index (κ1) is 17.1. The molecule has 1 aromatic rings. The Morgan fingerprint density at radius 3 is 2.70 bits per heavy atom. The number of nitrogens with one attached hydrogen (secondary N) is 3. The van der Waals surface area contributed by atoms with Crippen molar-refractivity contribution in [2.24, 2.45) is 0 Å². The molecule has 1 unspecified atom stereocenters. The molecule has 3 amide bonds. The average Bonchev–Trinajstić information content (AvgIpc) is 2.73. The number of quaternary nitrogens is 1. The number of carbonyl (C=O) groups is 2. The van der Waals surface area contributed by atoms with Crippen LogP contribution < -0.4 is 15.5 Å². The van der Waals surface area contributed by atoms with Gasteiger partial charge in [-0.05, 0) is 41.4 Å². The number of carbonyl (C=O) groups excluding carboxylic acids is 2. The predicted molar refractivity (Wildman–Crippen MR) is 83.9 cm³/mol. The fraction of sp³-hybridized carbons (Fsp3) is 0.538. The van der Waals surface area contributed by atoms with Crippen LogP contribution >= 0.6 is 27.3 Å². The summed E-state index contributed by atoms with van der Waals surface area (Å²) in [4.78, 5) is 25.5. The summed E-state index contributed by atoms with van der Waals surface area (Å²) in [5.41, 5.74) is 0. The molecule has 0 saturated heterocycles. The first-order chi connectivity index (χ1) is 9.40. The van der Waals surface area contributed by atoms with E-state index in [1.54, 1.807) is 11.3 Å². The molecular weight excluding hydrogens is 342 g/mol. The van der Waals surface area contributed by atoms with Gasteiger partial charge >= 0.3 is 6.03 Å². The molecule has 112 valence electrons. The van der Waals surface area contributed by atoms with Crippen molar-refractivity contribution >= 4 is 39.2 Å². The minimum Gasteiger partial charge on any atom is -0.335 e. The van der Waals surface area contributed by atoms with Gasteiger partial charge in [0.15, 0.2) is 6.54 Å². The summed E-state index contributed by atoms with van der Waals surface area (Å²) in [6.07, 6.45) is 0.833. The van der Waals surface area contributed by atoms with Gasteiger partial charge in [0.05, 0.1) is 15.7 Å². The van der Waals surface area contributed by atoms with Gasteiger partial charge < -0.3 is 10.2 Å². The van der Waals surface area contributed by atoms with Crippen LogP contribution in [0.5, 0.6) is 0 Å². The third kappa shape index (κ3) is 6.49. The largest absolute Gasteiger partial charge is 0.335 e.